The van der Waals surface area contributed by atoms with Gasteiger partial charge in [0.25, 0.3) is 5.91 Å². The summed E-state index contributed by atoms with van der Waals surface area (Å²) in [5, 5.41) is 9.57. The second-order valence-electron chi connectivity index (χ2n) is 5.43. The number of anilines is 1. The number of hydrogen-bond donors (Lipinski definition) is 0. The minimum Gasteiger partial charge on any atom is -0.497 e. The summed E-state index contributed by atoms with van der Waals surface area (Å²) in [7, 11) is 3.08. The number of amides is 1. The van der Waals surface area contributed by atoms with Crippen molar-refractivity contribution in [1.29, 1.82) is 0 Å². The third-order valence-electron chi connectivity index (χ3n) is 3.73. The summed E-state index contributed by atoms with van der Waals surface area (Å²) in [6.07, 6.45) is 5.01. The standard InChI is InChI=1S/C19H18N4O3S/c1-4-9-23(18(24)14-10-15(25-2)12-16(11-14)26-3)19-22-21-17(27-19)13-5-7-20-8-6-13/h4-8,10-12H,1,9H2,2-3H3. The number of methoxy groups -OCH3 is 2. The van der Waals surface area contributed by atoms with Crippen molar-refractivity contribution >= 4 is 22.4 Å². The van der Waals surface area contributed by atoms with Crippen LogP contribution < -0.4 is 14.4 Å². The Balaban J connectivity index is 1.95. The zero-order chi connectivity index (χ0) is 19.2. The van der Waals surface area contributed by atoms with E-state index in [9.17, 15) is 4.79 Å². The molecular weight excluding hydrogens is 364 g/mol. The molecule has 0 fully saturated rings. The smallest absolute Gasteiger partial charge is 0.260 e. The van der Waals surface area contributed by atoms with Gasteiger partial charge in [0.05, 0.1) is 14.2 Å². The molecule has 1 amide bonds. The van der Waals surface area contributed by atoms with E-state index in [1.165, 1.54) is 30.5 Å². The fraction of sp³-hybridized carbons (Fsp3) is 0.158. The molecule has 8 heteroatoms. The zero-order valence-corrected chi connectivity index (χ0v) is 15.8. The summed E-state index contributed by atoms with van der Waals surface area (Å²) < 4.78 is 10.5. The average Bonchev–Trinajstić information content (AvgIpc) is 3.21. The number of benzene rings is 1. The first-order chi connectivity index (χ1) is 13.2. The van der Waals surface area contributed by atoms with E-state index in [1.807, 2.05) is 12.1 Å². The van der Waals surface area contributed by atoms with Crippen LogP contribution in [-0.4, -0.2) is 41.9 Å². The molecule has 7 nitrogen and oxygen atoms in total. The van der Waals surface area contributed by atoms with Gasteiger partial charge < -0.3 is 9.47 Å². The molecule has 0 radical (unpaired) electrons. The van der Waals surface area contributed by atoms with E-state index in [-0.39, 0.29) is 5.91 Å². The molecule has 0 bridgehead atoms. The number of nitrogens with zero attached hydrogens (tertiary/aromatic N) is 4. The summed E-state index contributed by atoms with van der Waals surface area (Å²) in [4.78, 5) is 18.6. The van der Waals surface area contributed by atoms with Crippen LogP contribution in [0.1, 0.15) is 10.4 Å². The molecule has 0 N–H and O–H groups in total. The number of ether oxygens (including phenoxy) is 2. The van der Waals surface area contributed by atoms with Gasteiger partial charge in [0.1, 0.15) is 16.5 Å². The molecule has 27 heavy (non-hydrogen) atoms. The Kier molecular flexibility index (Phi) is 5.77. The first-order valence-corrected chi connectivity index (χ1v) is 8.87. The summed E-state index contributed by atoms with van der Waals surface area (Å²) in [6.45, 7) is 4.03. The number of rotatable bonds is 7. The maximum atomic E-state index is 13.1. The highest BCUT2D eigenvalue weighted by molar-refractivity contribution is 7.18. The summed E-state index contributed by atoms with van der Waals surface area (Å²) in [5.41, 5.74) is 1.32. The molecule has 3 aromatic rings. The topological polar surface area (TPSA) is 77.4 Å². The highest BCUT2D eigenvalue weighted by atomic mass is 32.1. The van der Waals surface area contributed by atoms with Gasteiger partial charge in [-0.3, -0.25) is 14.7 Å². The molecule has 138 valence electrons. The van der Waals surface area contributed by atoms with Gasteiger partial charge in [-0.15, -0.1) is 16.8 Å². The number of hydrogen-bond acceptors (Lipinski definition) is 7. The lowest BCUT2D eigenvalue weighted by Gasteiger charge is -2.18. The lowest BCUT2D eigenvalue weighted by molar-refractivity contribution is 0.0989. The van der Waals surface area contributed by atoms with Crippen molar-refractivity contribution in [3.8, 4) is 22.1 Å². The SMILES string of the molecule is C=CCN(C(=O)c1cc(OC)cc(OC)c1)c1nnc(-c2ccncc2)s1. The van der Waals surface area contributed by atoms with Crippen LogP contribution in [0, 0.1) is 0 Å². The molecule has 0 atom stereocenters. The molecule has 3 rings (SSSR count). The summed E-state index contributed by atoms with van der Waals surface area (Å²) in [5.74, 6) is 0.821. The van der Waals surface area contributed by atoms with E-state index in [0.29, 0.717) is 33.7 Å². The first-order valence-electron chi connectivity index (χ1n) is 8.06. The lowest BCUT2D eigenvalue weighted by atomic mass is 10.1. The number of pyridine rings is 1. The third-order valence-corrected chi connectivity index (χ3v) is 4.72. The van der Waals surface area contributed by atoms with Crippen LogP contribution in [-0.2, 0) is 0 Å². The minimum absolute atomic E-state index is 0.246. The normalized spacial score (nSPS) is 10.3. The highest BCUT2D eigenvalue weighted by Gasteiger charge is 2.22. The molecule has 0 saturated carbocycles. The number of carbonyl (C=O) groups excluding carboxylic acids is 1. The van der Waals surface area contributed by atoms with Crippen LogP contribution in [0.2, 0.25) is 0 Å². The van der Waals surface area contributed by atoms with E-state index >= 15 is 0 Å². The van der Waals surface area contributed by atoms with Gasteiger partial charge in [-0.05, 0) is 24.3 Å². The van der Waals surface area contributed by atoms with Crippen LogP contribution >= 0.6 is 11.3 Å². The Morgan fingerprint density at radius 1 is 1.15 bits per heavy atom. The molecule has 2 heterocycles. The molecule has 0 spiro atoms. The quantitative estimate of drug-likeness (QED) is 0.583. The minimum atomic E-state index is -0.246. The largest absolute Gasteiger partial charge is 0.497 e. The zero-order valence-electron chi connectivity index (χ0n) is 15.0. The molecule has 0 aliphatic heterocycles. The molecule has 0 aliphatic rings. The molecule has 0 aliphatic carbocycles. The van der Waals surface area contributed by atoms with Crippen molar-refractivity contribution in [3.63, 3.8) is 0 Å². The fourth-order valence-corrected chi connectivity index (χ4v) is 3.26. The lowest BCUT2D eigenvalue weighted by Crippen LogP contribution is -2.31. The van der Waals surface area contributed by atoms with E-state index in [0.717, 1.165) is 5.56 Å². The molecule has 0 unspecified atom stereocenters. The number of carbonyl (C=O) groups is 1. The maximum absolute atomic E-state index is 13.1. The van der Waals surface area contributed by atoms with Crippen LogP contribution in [0.4, 0.5) is 5.13 Å². The molecule has 1 aromatic carbocycles. The van der Waals surface area contributed by atoms with Crippen molar-refractivity contribution in [1.82, 2.24) is 15.2 Å². The average molecular weight is 382 g/mol. The second-order valence-corrected chi connectivity index (χ2v) is 6.39. The number of aromatic nitrogens is 3. The van der Waals surface area contributed by atoms with Gasteiger partial charge in [-0.1, -0.05) is 17.4 Å². The van der Waals surface area contributed by atoms with Crippen LogP contribution in [0.5, 0.6) is 11.5 Å². The van der Waals surface area contributed by atoms with Crippen molar-refractivity contribution in [2.75, 3.05) is 25.7 Å². The Hall–Kier alpha value is -3.26. The van der Waals surface area contributed by atoms with Gasteiger partial charge in [0.15, 0.2) is 0 Å². The van der Waals surface area contributed by atoms with Crippen molar-refractivity contribution in [2.24, 2.45) is 0 Å². The van der Waals surface area contributed by atoms with Crippen molar-refractivity contribution in [2.45, 2.75) is 0 Å². The Bertz CT molecular complexity index is 921. The highest BCUT2D eigenvalue weighted by Crippen LogP contribution is 2.30. The van der Waals surface area contributed by atoms with E-state index in [4.69, 9.17) is 9.47 Å². The first kappa shape index (κ1) is 18.5. The molecule has 2 aromatic heterocycles. The van der Waals surface area contributed by atoms with Crippen LogP contribution in [0.25, 0.3) is 10.6 Å². The van der Waals surface area contributed by atoms with Gasteiger partial charge >= 0.3 is 0 Å². The Labute approximate surface area is 160 Å². The van der Waals surface area contributed by atoms with E-state index in [1.54, 1.807) is 36.7 Å². The third kappa shape index (κ3) is 4.12. The molecular formula is C19H18N4O3S. The Morgan fingerprint density at radius 3 is 2.41 bits per heavy atom. The predicted octanol–water partition coefficient (Wildman–Crippen LogP) is 3.45. The van der Waals surface area contributed by atoms with E-state index < -0.39 is 0 Å². The second kappa shape index (κ2) is 8.41. The summed E-state index contributed by atoms with van der Waals surface area (Å²) in [6, 6.07) is 8.71. The van der Waals surface area contributed by atoms with Gasteiger partial charge in [0.2, 0.25) is 5.13 Å². The van der Waals surface area contributed by atoms with Crippen molar-refractivity contribution < 1.29 is 14.3 Å². The Morgan fingerprint density at radius 2 is 1.81 bits per heavy atom. The fourth-order valence-electron chi connectivity index (χ4n) is 2.40. The van der Waals surface area contributed by atoms with Gasteiger partial charge in [-0.25, -0.2) is 0 Å². The summed E-state index contributed by atoms with van der Waals surface area (Å²) >= 11 is 1.32. The molecule has 0 saturated heterocycles. The maximum Gasteiger partial charge on any atom is 0.260 e. The van der Waals surface area contributed by atoms with Crippen molar-refractivity contribution in [3.05, 3.63) is 60.9 Å². The van der Waals surface area contributed by atoms with Gasteiger partial charge in [-0.2, -0.15) is 0 Å². The monoisotopic (exact) mass is 382 g/mol. The predicted molar refractivity (Wildman–Crippen MR) is 105 cm³/mol. The van der Waals surface area contributed by atoms with Crippen LogP contribution in [0.3, 0.4) is 0 Å². The van der Waals surface area contributed by atoms with Crippen LogP contribution in [0.15, 0.2) is 55.4 Å². The van der Waals surface area contributed by atoms with E-state index in [2.05, 4.69) is 21.8 Å². The van der Waals surface area contributed by atoms with Gasteiger partial charge in [0, 0.05) is 36.1 Å².